The van der Waals surface area contributed by atoms with E-state index >= 15 is 0 Å². The van der Waals surface area contributed by atoms with Gasteiger partial charge in [0, 0.05) is 44.6 Å². The number of hydrogen-bond acceptors (Lipinski definition) is 12. The van der Waals surface area contributed by atoms with Gasteiger partial charge >= 0.3 is 12.1 Å². The molecular formula is C36H55N7O7. The summed E-state index contributed by atoms with van der Waals surface area (Å²) in [7, 11) is 3.53. The number of carbonyl (C=O) groups excluding carboxylic acids is 3. The van der Waals surface area contributed by atoms with E-state index in [1.165, 1.54) is 11.2 Å². The molecule has 3 N–H and O–H groups in total. The first kappa shape index (κ1) is 40.0. The quantitative estimate of drug-likeness (QED) is 0.124. The van der Waals surface area contributed by atoms with Gasteiger partial charge in [-0.1, -0.05) is 6.07 Å². The Labute approximate surface area is 296 Å². The van der Waals surface area contributed by atoms with Crippen LogP contribution in [0.2, 0.25) is 0 Å². The van der Waals surface area contributed by atoms with Gasteiger partial charge in [-0.2, -0.15) is 0 Å². The second-order valence-corrected chi connectivity index (χ2v) is 15.1. The maximum Gasteiger partial charge on any atom is 0.410 e. The summed E-state index contributed by atoms with van der Waals surface area (Å²) in [5.41, 5.74) is 0.0259. The molecule has 0 radical (unpaired) electrons. The highest BCUT2D eigenvalue weighted by molar-refractivity contribution is 6.32. The molecule has 1 aliphatic heterocycles. The van der Waals surface area contributed by atoms with Gasteiger partial charge in [0.1, 0.15) is 47.6 Å². The Hall–Kier alpha value is -4.43. The highest BCUT2D eigenvalue weighted by Gasteiger charge is 2.31. The number of nitrogens with one attached hydrogen (secondary N) is 3. The van der Waals surface area contributed by atoms with Crippen LogP contribution >= 0.6 is 0 Å². The molecule has 2 amide bonds. The normalized spacial score (nSPS) is 14.6. The Bertz CT molecular complexity index is 1510. The van der Waals surface area contributed by atoms with Crippen LogP contribution in [0.3, 0.4) is 0 Å². The summed E-state index contributed by atoms with van der Waals surface area (Å²) < 4.78 is 23.0. The Morgan fingerprint density at radius 1 is 0.960 bits per heavy atom. The largest absolute Gasteiger partial charge is 0.492 e. The molecule has 0 unspecified atom stereocenters. The smallest absolute Gasteiger partial charge is 0.410 e. The summed E-state index contributed by atoms with van der Waals surface area (Å²) >= 11 is 0. The molecule has 0 bridgehead atoms. The number of amides is 2. The Balaban J connectivity index is 1.60. The number of ether oxygens (including phenoxy) is 4. The van der Waals surface area contributed by atoms with E-state index in [4.69, 9.17) is 18.9 Å². The van der Waals surface area contributed by atoms with E-state index in [0.29, 0.717) is 66.9 Å². The molecule has 0 spiro atoms. The number of esters is 1. The third-order valence-electron chi connectivity index (χ3n) is 7.08. The van der Waals surface area contributed by atoms with Crippen molar-refractivity contribution in [1.82, 2.24) is 19.8 Å². The number of hydrogen-bond donors (Lipinski definition) is 3. The fourth-order valence-electron chi connectivity index (χ4n) is 4.62. The van der Waals surface area contributed by atoms with Gasteiger partial charge in [0.2, 0.25) is 0 Å². The van der Waals surface area contributed by atoms with Crippen LogP contribution in [0.4, 0.5) is 22.1 Å². The number of carbonyl (C=O) groups is 3. The molecule has 14 nitrogen and oxygen atoms in total. The van der Waals surface area contributed by atoms with Crippen LogP contribution in [0.1, 0.15) is 74.3 Å². The number of anilines is 3. The van der Waals surface area contributed by atoms with Crippen LogP contribution in [-0.4, -0.2) is 108 Å². The summed E-state index contributed by atoms with van der Waals surface area (Å²) in [6.45, 7) is 18.8. The molecule has 1 aromatic heterocycles. The van der Waals surface area contributed by atoms with Gasteiger partial charge in [0.15, 0.2) is 0 Å². The molecule has 0 saturated carbocycles. The molecule has 0 aliphatic carbocycles. The van der Waals surface area contributed by atoms with Gasteiger partial charge in [-0.25, -0.2) is 14.8 Å². The van der Waals surface area contributed by atoms with E-state index in [-0.39, 0.29) is 24.6 Å². The Morgan fingerprint density at radius 2 is 1.66 bits per heavy atom. The lowest BCUT2D eigenvalue weighted by Crippen LogP contribution is -2.47. The monoisotopic (exact) mass is 697 g/mol. The lowest BCUT2D eigenvalue weighted by molar-refractivity contribution is -0.165. The van der Waals surface area contributed by atoms with Crippen LogP contribution in [0.25, 0.3) is 5.57 Å². The first-order valence-corrected chi connectivity index (χ1v) is 16.8. The van der Waals surface area contributed by atoms with E-state index in [1.807, 2.05) is 98.5 Å². The number of rotatable bonds is 15. The molecule has 50 heavy (non-hydrogen) atoms. The van der Waals surface area contributed by atoms with E-state index < -0.39 is 22.8 Å². The maximum absolute atomic E-state index is 13.0. The van der Waals surface area contributed by atoms with Crippen LogP contribution in [0, 0.1) is 0 Å². The van der Waals surface area contributed by atoms with Crippen molar-refractivity contribution in [3.63, 3.8) is 0 Å². The molecule has 0 fully saturated rings. The predicted octanol–water partition coefficient (Wildman–Crippen LogP) is 5.39. The van der Waals surface area contributed by atoms with Crippen LogP contribution in [-0.2, 0) is 23.8 Å². The molecule has 3 rings (SSSR count). The van der Waals surface area contributed by atoms with Crippen molar-refractivity contribution in [3.8, 4) is 5.75 Å². The SMILES string of the molecule is CN(CCCNc1ncnc2c1/C(=C/Nc1cccc(OCCN(C)[C@@H](COC(C)(C)C)C(=O)OC(C)(C)C)c1)C(=O)N2)C(=O)OC(C)(C)C. The molecule has 1 atom stereocenters. The van der Waals surface area contributed by atoms with Gasteiger partial charge < -0.3 is 39.8 Å². The van der Waals surface area contributed by atoms with Crippen molar-refractivity contribution < 1.29 is 33.3 Å². The van der Waals surface area contributed by atoms with Crippen LogP contribution in [0.5, 0.6) is 5.75 Å². The number of aromatic nitrogens is 2. The van der Waals surface area contributed by atoms with E-state index in [1.54, 1.807) is 13.2 Å². The van der Waals surface area contributed by atoms with Crippen molar-refractivity contribution >= 4 is 40.9 Å². The minimum absolute atomic E-state index is 0.188. The lowest BCUT2D eigenvalue weighted by Gasteiger charge is -2.31. The molecule has 2 aromatic rings. The summed E-state index contributed by atoms with van der Waals surface area (Å²) in [5, 5.41) is 9.24. The van der Waals surface area contributed by atoms with Crippen LogP contribution < -0.4 is 20.7 Å². The Kier molecular flexibility index (Phi) is 13.6. The van der Waals surface area contributed by atoms with Gasteiger partial charge in [-0.05, 0) is 87.9 Å². The fraction of sp³-hybridized carbons (Fsp3) is 0.583. The van der Waals surface area contributed by atoms with Gasteiger partial charge in [-0.3, -0.25) is 14.5 Å². The van der Waals surface area contributed by atoms with E-state index in [9.17, 15) is 14.4 Å². The molecule has 0 saturated heterocycles. The van der Waals surface area contributed by atoms with Crippen molar-refractivity contribution in [2.75, 3.05) is 62.9 Å². The third kappa shape index (κ3) is 13.1. The molecule has 14 heteroatoms. The first-order valence-electron chi connectivity index (χ1n) is 16.8. The topological polar surface area (TPSA) is 156 Å². The standard InChI is InChI=1S/C36H55N7O7/c1-34(2,3)48-22-27(32(45)49-35(4,5)6)42(10)18-19-47-25-15-12-14-24(20-25)38-21-26-28-29(39-23-40-30(28)41-31(26)44)37-16-13-17-43(11)33(46)50-36(7,8)9/h12,14-15,20-21,23,27,38H,13,16-19,22H2,1-11H3,(H2,37,39,40,41,44)/b26-21-/t27-/m0/s1. The van der Waals surface area contributed by atoms with Crippen molar-refractivity contribution in [2.24, 2.45) is 0 Å². The van der Waals surface area contributed by atoms with Gasteiger partial charge in [0.05, 0.1) is 23.3 Å². The molecule has 1 aliphatic rings. The van der Waals surface area contributed by atoms with Gasteiger partial charge in [-0.15, -0.1) is 0 Å². The molecule has 276 valence electrons. The zero-order chi connectivity index (χ0) is 37.3. The van der Waals surface area contributed by atoms with E-state index in [0.717, 1.165) is 0 Å². The minimum Gasteiger partial charge on any atom is -0.492 e. The number of benzene rings is 1. The lowest BCUT2D eigenvalue weighted by atomic mass is 10.1. The highest BCUT2D eigenvalue weighted by atomic mass is 16.6. The van der Waals surface area contributed by atoms with Crippen LogP contribution in [0.15, 0.2) is 36.8 Å². The molecule has 2 heterocycles. The summed E-state index contributed by atoms with van der Waals surface area (Å²) in [4.78, 5) is 50.2. The third-order valence-corrected chi connectivity index (χ3v) is 7.08. The van der Waals surface area contributed by atoms with Crippen molar-refractivity contribution in [1.29, 1.82) is 0 Å². The average Bonchev–Trinajstić information content (AvgIpc) is 3.31. The fourth-order valence-corrected chi connectivity index (χ4v) is 4.62. The zero-order valence-electron chi connectivity index (χ0n) is 31.4. The molecular weight excluding hydrogens is 642 g/mol. The Morgan fingerprint density at radius 3 is 2.32 bits per heavy atom. The predicted molar refractivity (Wildman–Crippen MR) is 194 cm³/mol. The first-order chi connectivity index (χ1) is 23.2. The number of fused-ring (bicyclic) bond motifs is 1. The van der Waals surface area contributed by atoms with Gasteiger partial charge in [0.25, 0.3) is 5.91 Å². The zero-order valence-corrected chi connectivity index (χ0v) is 31.4. The highest BCUT2D eigenvalue weighted by Crippen LogP contribution is 2.34. The maximum atomic E-state index is 13.0. The second-order valence-electron chi connectivity index (χ2n) is 15.1. The van der Waals surface area contributed by atoms with Crippen molar-refractivity contribution in [3.05, 3.63) is 42.4 Å². The minimum atomic E-state index is -0.620. The van der Waals surface area contributed by atoms with E-state index in [2.05, 4.69) is 25.9 Å². The summed E-state index contributed by atoms with van der Waals surface area (Å²) in [6, 6.07) is 6.75. The average molecular weight is 698 g/mol. The number of nitrogens with zero attached hydrogens (tertiary/aromatic N) is 4. The number of likely N-dealkylation sites (N-methyl/N-ethyl adjacent to an activating group) is 1. The van der Waals surface area contributed by atoms with Crippen molar-refractivity contribution in [2.45, 2.75) is 91.6 Å². The summed E-state index contributed by atoms with van der Waals surface area (Å²) in [5.74, 6) is 0.854. The molecule has 1 aromatic carbocycles. The summed E-state index contributed by atoms with van der Waals surface area (Å²) in [6.07, 6.45) is 3.24. The second kappa shape index (κ2) is 17.0.